The van der Waals surface area contributed by atoms with Gasteiger partial charge in [-0.25, -0.2) is 4.39 Å². The van der Waals surface area contributed by atoms with E-state index in [1.54, 1.807) is 18.2 Å². The third-order valence-electron chi connectivity index (χ3n) is 2.02. The molecule has 0 amide bonds. The second-order valence-electron chi connectivity index (χ2n) is 3.34. The van der Waals surface area contributed by atoms with Crippen LogP contribution in [0.2, 0.25) is 0 Å². The van der Waals surface area contributed by atoms with Crippen LogP contribution < -0.4 is 0 Å². The number of benzene rings is 1. The summed E-state index contributed by atoms with van der Waals surface area (Å²) in [6.07, 6.45) is 3.66. The average molecular weight is 224 g/mol. The fourth-order valence-electron chi connectivity index (χ4n) is 1.29. The van der Waals surface area contributed by atoms with E-state index in [1.807, 2.05) is 0 Å². The van der Waals surface area contributed by atoms with E-state index in [9.17, 15) is 9.18 Å². The largest absolute Gasteiger partial charge is 0.481 e. The molecule has 0 fully saturated rings. The number of aliphatic hydroxyl groups is 1. The number of aliphatic hydroxyl groups excluding tert-OH is 1. The van der Waals surface area contributed by atoms with Gasteiger partial charge >= 0.3 is 5.97 Å². The Bertz CT molecular complexity index is 399. The van der Waals surface area contributed by atoms with Crippen LogP contribution in [0.15, 0.2) is 24.3 Å². The van der Waals surface area contributed by atoms with Gasteiger partial charge in [-0.1, -0.05) is 18.2 Å². The average Bonchev–Trinajstić information content (AvgIpc) is 2.22. The zero-order valence-corrected chi connectivity index (χ0v) is 8.69. The van der Waals surface area contributed by atoms with Crippen LogP contribution in [-0.2, 0) is 11.2 Å². The van der Waals surface area contributed by atoms with Crippen LogP contribution in [0, 0.1) is 5.82 Å². The molecule has 0 unspecified atom stereocenters. The first kappa shape index (κ1) is 12.4. The number of carboxylic acids is 1. The predicted octanol–water partition coefficient (Wildman–Crippen LogP) is 1.85. The Labute approximate surface area is 92.8 Å². The standard InChI is InChI=1S/C12H13FO3/c13-11-5-4-9(3-1-2-6-14)7-10(11)8-12(15)16/h1,3-5,7,14H,2,6,8H2,(H,15,16). The van der Waals surface area contributed by atoms with E-state index in [0.29, 0.717) is 6.42 Å². The van der Waals surface area contributed by atoms with Gasteiger partial charge in [0.2, 0.25) is 0 Å². The van der Waals surface area contributed by atoms with Crippen molar-refractivity contribution in [3.8, 4) is 0 Å². The molecule has 1 aromatic rings. The highest BCUT2D eigenvalue weighted by atomic mass is 19.1. The topological polar surface area (TPSA) is 57.5 Å². The molecule has 2 N–H and O–H groups in total. The molecule has 0 aliphatic carbocycles. The van der Waals surface area contributed by atoms with Crippen molar-refractivity contribution in [1.82, 2.24) is 0 Å². The van der Waals surface area contributed by atoms with Crippen molar-refractivity contribution in [2.75, 3.05) is 6.61 Å². The van der Waals surface area contributed by atoms with E-state index in [4.69, 9.17) is 10.2 Å². The van der Waals surface area contributed by atoms with Crippen LogP contribution in [0.25, 0.3) is 6.08 Å². The molecule has 0 saturated heterocycles. The van der Waals surface area contributed by atoms with Crippen LogP contribution in [0.5, 0.6) is 0 Å². The summed E-state index contributed by atoms with van der Waals surface area (Å²) in [5.41, 5.74) is 0.893. The van der Waals surface area contributed by atoms with Crippen molar-refractivity contribution in [3.05, 3.63) is 41.2 Å². The minimum Gasteiger partial charge on any atom is -0.481 e. The van der Waals surface area contributed by atoms with E-state index in [0.717, 1.165) is 5.56 Å². The lowest BCUT2D eigenvalue weighted by atomic mass is 10.1. The minimum atomic E-state index is -1.06. The van der Waals surface area contributed by atoms with Crippen molar-refractivity contribution in [2.45, 2.75) is 12.8 Å². The summed E-state index contributed by atoms with van der Waals surface area (Å²) in [5.74, 6) is -1.57. The van der Waals surface area contributed by atoms with Crippen molar-refractivity contribution < 1.29 is 19.4 Å². The first-order valence-corrected chi connectivity index (χ1v) is 4.91. The Morgan fingerprint density at radius 1 is 1.44 bits per heavy atom. The third kappa shape index (κ3) is 3.82. The van der Waals surface area contributed by atoms with Crippen molar-refractivity contribution >= 4 is 12.0 Å². The number of aliphatic carboxylic acids is 1. The maximum absolute atomic E-state index is 13.2. The Morgan fingerprint density at radius 3 is 2.81 bits per heavy atom. The van der Waals surface area contributed by atoms with Gasteiger partial charge in [0.15, 0.2) is 0 Å². The van der Waals surface area contributed by atoms with Gasteiger partial charge in [-0.2, -0.15) is 0 Å². The number of hydrogen-bond acceptors (Lipinski definition) is 2. The Hall–Kier alpha value is -1.68. The maximum Gasteiger partial charge on any atom is 0.307 e. The molecule has 0 heterocycles. The Balaban J connectivity index is 2.84. The molecule has 0 aliphatic heterocycles. The summed E-state index contributed by atoms with van der Waals surface area (Å²) in [7, 11) is 0. The number of hydrogen-bond donors (Lipinski definition) is 2. The van der Waals surface area contributed by atoms with Crippen molar-refractivity contribution in [2.24, 2.45) is 0 Å². The van der Waals surface area contributed by atoms with E-state index in [-0.39, 0.29) is 18.6 Å². The summed E-state index contributed by atoms with van der Waals surface area (Å²) < 4.78 is 13.2. The van der Waals surface area contributed by atoms with E-state index < -0.39 is 11.8 Å². The molecule has 86 valence electrons. The van der Waals surface area contributed by atoms with Gasteiger partial charge in [-0.15, -0.1) is 0 Å². The Morgan fingerprint density at radius 2 is 2.19 bits per heavy atom. The van der Waals surface area contributed by atoms with Gasteiger partial charge < -0.3 is 10.2 Å². The summed E-state index contributed by atoms with van der Waals surface area (Å²) >= 11 is 0. The van der Waals surface area contributed by atoms with E-state index >= 15 is 0 Å². The van der Waals surface area contributed by atoms with E-state index in [1.165, 1.54) is 12.1 Å². The molecule has 0 radical (unpaired) electrons. The normalized spacial score (nSPS) is 10.9. The smallest absolute Gasteiger partial charge is 0.307 e. The second-order valence-corrected chi connectivity index (χ2v) is 3.34. The molecule has 0 aromatic heterocycles. The second kappa shape index (κ2) is 6.02. The van der Waals surface area contributed by atoms with Crippen LogP contribution in [-0.4, -0.2) is 22.8 Å². The molecule has 3 nitrogen and oxygen atoms in total. The quantitative estimate of drug-likeness (QED) is 0.802. The van der Waals surface area contributed by atoms with E-state index in [2.05, 4.69) is 0 Å². The molecular formula is C12H13FO3. The van der Waals surface area contributed by atoms with Crippen molar-refractivity contribution in [3.63, 3.8) is 0 Å². The minimum absolute atomic E-state index is 0.0552. The molecule has 0 bridgehead atoms. The molecule has 0 atom stereocenters. The van der Waals surface area contributed by atoms with Crippen LogP contribution >= 0.6 is 0 Å². The summed E-state index contributed by atoms with van der Waals surface area (Å²) in [6, 6.07) is 4.31. The number of carbonyl (C=O) groups is 1. The van der Waals surface area contributed by atoms with Gasteiger partial charge in [0, 0.05) is 6.61 Å². The number of halogens is 1. The van der Waals surface area contributed by atoms with Gasteiger partial charge in [0.1, 0.15) is 5.82 Å². The fourth-order valence-corrected chi connectivity index (χ4v) is 1.29. The molecule has 0 spiro atoms. The van der Waals surface area contributed by atoms with Crippen LogP contribution in [0.3, 0.4) is 0 Å². The molecule has 16 heavy (non-hydrogen) atoms. The van der Waals surface area contributed by atoms with Gasteiger partial charge in [0.05, 0.1) is 6.42 Å². The molecule has 4 heteroatoms. The summed E-state index contributed by atoms with van der Waals surface area (Å²) in [5, 5.41) is 17.2. The summed E-state index contributed by atoms with van der Waals surface area (Å²) in [4.78, 5) is 10.5. The molecule has 0 aliphatic rings. The predicted molar refractivity (Wildman–Crippen MR) is 58.5 cm³/mol. The highest BCUT2D eigenvalue weighted by Gasteiger charge is 2.06. The lowest BCUT2D eigenvalue weighted by Crippen LogP contribution is -2.02. The monoisotopic (exact) mass is 224 g/mol. The SMILES string of the molecule is O=C(O)Cc1cc(C=CCCO)ccc1F. The first-order chi connectivity index (χ1) is 7.63. The zero-order valence-electron chi connectivity index (χ0n) is 8.69. The maximum atomic E-state index is 13.2. The van der Waals surface area contributed by atoms with Crippen molar-refractivity contribution in [1.29, 1.82) is 0 Å². The number of rotatable bonds is 5. The van der Waals surface area contributed by atoms with Crippen LogP contribution in [0.4, 0.5) is 4.39 Å². The molecule has 1 rings (SSSR count). The number of carboxylic acid groups (broad SMARTS) is 1. The third-order valence-corrected chi connectivity index (χ3v) is 2.02. The highest BCUT2D eigenvalue weighted by molar-refractivity contribution is 5.70. The first-order valence-electron chi connectivity index (χ1n) is 4.91. The van der Waals surface area contributed by atoms with Gasteiger partial charge in [0.25, 0.3) is 0 Å². The molecule has 1 aromatic carbocycles. The Kier molecular flexibility index (Phi) is 4.66. The highest BCUT2D eigenvalue weighted by Crippen LogP contribution is 2.13. The summed E-state index contributed by atoms with van der Waals surface area (Å²) in [6.45, 7) is 0.0552. The zero-order chi connectivity index (χ0) is 12.0. The molecular weight excluding hydrogens is 211 g/mol. The lowest BCUT2D eigenvalue weighted by Gasteiger charge is -2.01. The van der Waals surface area contributed by atoms with Gasteiger partial charge in [-0.3, -0.25) is 4.79 Å². The van der Waals surface area contributed by atoms with Crippen LogP contribution in [0.1, 0.15) is 17.5 Å². The fraction of sp³-hybridized carbons (Fsp3) is 0.250. The van der Waals surface area contributed by atoms with Gasteiger partial charge in [-0.05, 0) is 29.7 Å². The lowest BCUT2D eigenvalue weighted by molar-refractivity contribution is -0.136. The molecule has 0 saturated carbocycles.